The zero-order chi connectivity index (χ0) is 27.8. The number of aliphatic hydroxyl groups is 4. The molecule has 1 aliphatic heterocycles. The van der Waals surface area contributed by atoms with E-state index in [9.17, 15) is 30.0 Å². The summed E-state index contributed by atoms with van der Waals surface area (Å²) in [6.45, 7) is 8.09. The number of esters is 1. The van der Waals surface area contributed by atoms with Crippen LogP contribution in [0.4, 0.5) is 0 Å². The Labute approximate surface area is 264 Å². The molecule has 1 aromatic rings. The summed E-state index contributed by atoms with van der Waals surface area (Å²) >= 11 is 0. The second-order valence-electron chi connectivity index (χ2n) is 12.3. The number of ether oxygens (including phenoxy) is 3. The normalized spacial score (nSPS) is 42.5. The molecule has 4 N–H and O–H groups in total. The van der Waals surface area contributed by atoms with Crippen molar-refractivity contribution in [3.05, 3.63) is 41.5 Å². The van der Waals surface area contributed by atoms with Crippen LogP contribution in [0, 0.1) is 66.7 Å². The van der Waals surface area contributed by atoms with E-state index in [1.165, 1.54) is 0 Å². The molecule has 1 heterocycles. The number of hydrogen-bond donors (Lipinski definition) is 4. The molecule has 9 unspecified atom stereocenters. The molecule has 39 heavy (non-hydrogen) atoms. The summed E-state index contributed by atoms with van der Waals surface area (Å²) < 4.78 is 17.1. The van der Waals surface area contributed by atoms with Crippen LogP contribution in [0.3, 0.4) is 0 Å². The van der Waals surface area contributed by atoms with Crippen molar-refractivity contribution in [1.29, 1.82) is 0 Å². The van der Waals surface area contributed by atoms with E-state index in [0.717, 1.165) is 0 Å². The molecule has 4 aliphatic rings. The van der Waals surface area contributed by atoms with E-state index < -0.39 is 76.6 Å². The molecule has 1 radical (unpaired) electrons. The molecule has 2 saturated carbocycles. The quantitative estimate of drug-likeness (QED) is 0.266. The molecular weight excluding hydrogens is 719 g/mol. The number of ketones is 1. The molecule has 9 atom stereocenters. The summed E-state index contributed by atoms with van der Waals surface area (Å²) in [6.07, 6.45) is -4.49. The summed E-state index contributed by atoms with van der Waals surface area (Å²) in [6, 6.07) is 8.77. The molecule has 0 spiro atoms. The number of rotatable bonds is 4. The van der Waals surface area contributed by atoms with Gasteiger partial charge in [0.25, 0.3) is 0 Å². The van der Waals surface area contributed by atoms with Gasteiger partial charge in [-0.2, -0.15) is 0 Å². The average Bonchev–Trinajstić information content (AvgIpc) is 2.86. The van der Waals surface area contributed by atoms with Crippen molar-refractivity contribution in [2.45, 2.75) is 83.1 Å². The van der Waals surface area contributed by atoms with Crippen LogP contribution in [-0.2, 0) is 19.1 Å². The summed E-state index contributed by atoms with van der Waals surface area (Å²) in [4.78, 5) is 27.3. The maximum Gasteiger partial charge on any atom is 0.344 e. The molecule has 3 fully saturated rings. The number of fused-ring (bicyclic) bond motifs is 5. The molecule has 5 rings (SSSR count). The first kappa shape index (κ1) is 31.1. The van der Waals surface area contributed by atoms with E-state index >= 15 is 0 Å². The Balaban J connectivity index is 0.00000353. The van der Waals surface area contributed by atoms with Crippen molar-refractivity contribution in [2.24, 2.45) is 22.7 Å². The second kappa shape index (κ2) is 10.4. The fourth-order valence-electron chi connectivity index (χ4n) is 8.00. The van der Waals surface area contributed by atoms with E-state index in [2.05, 4.69) is 0 Å². The molecule has 2 bridgehead atoms. The van der Waals surface area contributed by atoms with Crippen LogP contribution in [0.25, 0.3) is 0 Å². The number of aliphatic hydroxyl groups excluding tert-OH is 2. The summed E-state index contributed by atoms with van der Waals surface area (Å²) in [5, 5.41) is 46.6. The second-order valence-corrected chi connectivity index (χ2v) is 12.3. The van der Waals surface area contributed by atoms with Crippen molar-refractivity contribution in [3.63, 3.8) is 0 Å². The largest absolute Gasteiger partial charge is 0.482 e. The Hall–Kier alpha value is -0.858. The molecule has 1 aromatic carbocycles. The van der Waals surface area contributed by atoms with E-state index in [0.29, 0.717) is 11.3 Å². The van der Waals surface area contributed by atoms with E-state index in [4.69, 9.17) is 14.2 Å². The minimum atomic E-state index is -1.67. The number of benzene rings is 1. The predicted molar refractivity (Wildman–Crippen MR) is 135 cm³/mol. The summed E-state index contributed by atoms with van der Waals surface area (Å²) in [5.41, 5.74) is -5.01. The van der Waals surface area contributed by atoms with Gasteiger partial charge < -0.3 is 34.6 Å². The standard InChI is InChI=1S/C29H38O9.Ac/c1-15-18(30)12-29(35)16(2)24-27(5,25(33)23(32)22(15)26(29,3)4)19(11-20-28(24,34)14-37-20)38-21(31)13-36-17-9-7-6-8-10-17;/h6-10,16,18-20,23-24,30,32,34-35H,11-14H2,1-5H3;. The first-order valence-corrected chi connectivity index (χ1v) is 13.2. The topological polar surface area (TPSA) is 143 Å². The smallest absolute Gasteiger partial charge is 0.344 e. The number of carbonyl (C=O) groups is 2. The summed E-state index contributed by atoms with van der Waals surface area (Å²) in [5.74, 6) is -2.51. The van der Waals surface area contributed by atoms with Gasteiger partial charge in [-0.1, -0.05) is 39.0 Å². The molecule has 9 nitrogen and oxygen atoms in total. The van der Waals surface area contributed by atoms with Gasteiger partial charge >= 0.3 is 5.97 Å². The van der Waals surface area contributed by atoms with Crippen molar-refractivity contribution in [1.82, 2.24) is 0 Å². The maximum atomic E-state index is 14.3. The Bertz CT molecular complexity index is 1170. The Morgan fingerprint density at radius 1 is 1.13 bits per heavy atom. The van der Waals surface area contributed by atoms with Gasteiger partial charge in [-0.25, -0.2) is 4.79 Å². The summed E-state index contributed by atoms with van der Waals surface area (Å²) in [7, 11) is 0. The monoisotopic (exact) mass is 757 g/mol. The zero-order valence-corrected chi connectivity index (χ0v) is 27.8. The molecular formula is C29H38AcO9. The van der Waals surface area contributed by atoms with Crippen molar-refractivity contribution < 1.29 is 88.3 Å². The van der Waals surface area contributed by atoms with Crippen LogP contribution in [0.1, 0.15) is 47.5 Å². The molecule has 1 saturated heterocycles. The van der Waals surface area contributed by atoms with Crippen LogP contribution < -0.4 is 4.74 Å². The van der Waals surface area contributed by atoms with Crippen molar-refractivity contribution >= 4 is 11.8 Å². The van der Waals surface area contributed by atoms with Gasteiger partial charge in [-0.05, 0) is 43.0 Å². The van der Waals surface area contributed by atoms with Gasteiger partial charge in [-0.3, -0.25) is 4.79 Å². The van der Waals surface area contributed by atoms with Crippen LogP contribution in [0.15, 0.2) is 41.5 Å². The molecule has 10 heteroatoms. The molecule has 0 amide bonds. The third kappa shape index (κ3) is 4.40. The van der Waals surface area contributed by atoms with Crippen LogP contribution >= 0.6 is 0 Å². The van der Waals surface area contributed by atoms with Gasteiger partial charge in [0, 0.05) is 68.2 Å². The first-order valence-electron chi connectivity index (χ1n) is 13.2. The minimum absolute atomic E-state index is 0. The fraction of sp³-hybridized carbons (Fsp3) is 0.655. The number of carbonyl (C=O) groups excluding carboxylic acids is 2. The van der Waals surface area contributed by atoms with Crippen LogP contribution in [0.2, 0.25) is 0 Å². The van der Waals surface area contributed by atoms with Gasteiger partial charge in [0.15, 0.2) is 12.4 Å². The third-order valence-corrected chi connectivity index (χ3v) is 10.2. The number of hydrogen-bond acceptors (Lipinski definition) is 9. The third-order valence-electron chi connectivity index (χ3n) is 10.2. The van der Waals surface area contributed by atoms with Crippen molar-refractivity contribution in [2.75, 3.05) is 13.2 Å². The SMILES string of the molecule is CC1=C2C(O)C(=O)C3(C)C(OC(=O)COc4ccccc4)CC4OCC4(O)C3C(C)C(O)(CC1O)C2(C)C.[Ac]. The van der Waals surface area contributed by atoms with E-state index in [1.54, 1.807) is 58.9 Å². The number of para-hydroxylation sites is 1. The minimum Gasteiger partial charge on any atom is -0.482 e. The zero-order valence-electron chi connectivity index (χ0n) is 23.1. The van der Waals surface area contributed by atoms with Crippen LogP contribution in [0.5, 0.6) is 5.75 Å². The van der Waals surface area contributed by atoms with Gasteiger partial charge in [0.05, 0.1) is 29.8 Å². The van der Waals surface area contributed by atoms with Crippen molar-refractivity contribution in [3.8, 4) is 5.75 Å². The maximum absolute atomic E-state index is 14.3. The van der Waals surface area contributed by atoms with E-state index in [-0.39, 0.29) is 69.1 Å². The van der Waals surface area contributed by atoms with Crippen LogP contribution in [-0.4, -0.2) is 81.0 Å². The Kier molecular flexibility index (Phi) is 8.33. The molecule has 3 aliphatic carbocycles. The Morgan fingerprint density at radius 2 is 1.77 bits per heavy atom. The predicted octanol–water partition coefficient (Wildman–Crippen LogP) is 1.55. The molecule has 0 aromatic heterocycles. The fourth-order valence-corrected chi connectivity index (χ4v) is 8.00. The van der Waals surface area contributed by atoms with Gasteiger partial charge in [0.2, 0.25) is 0 Å². The first-order chi connectivity index (χ1) is 17.7. The Morgan fingerprint density at radius 3 is 2.36 bits per heavy atom. The number of Topliss-reactive ketones (excluding diaryl/α,β-unsaturated/α-hetero) is 1. The van der Waals surface area contributed by atoms with E-state index in [1.807, 2.05) is 6.07 Å². The molecule has 211 valence electrons. The average molecular weight is 758 g/mol. The van der Waals surface area contributed by atoms with Gasteiger partial charge in [0.1, 0.15) is 23.6 Å². The van der Waals surface area contributed by atoms with Gasteiger partial charge in [-0.15, -0.1) is 0 Å².